The molecular weight excluding hydrogens is 388 g/mol. The van der Waals surface area contributed by atoms with Crippen molar-refractivity contribution in [3.05, 3.63) is 109 Å². The highest BCUT2D eigenvalue weighted by Crippen LogP contribution is 2.38. The average Bonchev–Trinajstić information content (AvgIpc) is 2.85. The van der Waals surface area contributed by atoms with Gasteiger partial charge in [-0.15, -0.1) is 0 Å². The van der Waals surface area contributed by atoms with Crippen LogP contribution in [0, 0.1) is 0 Å². The number of anilines is 2. The quantitative estimate of drug-likeness (QED) is 0.252. The van der Waals surface area contributed by atoms with Gasteiger partial charge in [0.1, 0.15) is 0 Å². The van der Waals surface area contributed by atoms with E-state index in [1.165, 1.54) is 26.9 Å². The van der Waals surface area contributed by atoms with Crippen molar-refractivity contribution in [3.63, 3.8) is 0 Å². The van der Waals surface area contributed by atoms with Gasteiger partial charge < -0.3 is 11.5 Å². The van der Waals surface area contributed by atoms with Crippen LogP contribution in [-0.4, -0.2) is 0 Å². The van der Waals surface area contributed by atoms with Gasteiger partial charge in [0, 0.05) is 5.39 Å². The first kappa shape index (κ1) is 18.5. The molecule has 4 N–H and O–H groups in total. The second-order valence-corrected chi connectivity index (χ2v) is 8.17. The molecule has 0 saturated carbocycles. The van der Waals surface area contributed by atoms with Crippen LogP contribution in [0.2, 0.25) is 0 Å². The molecule has 152 valence electrons. The molecule has 32 heavy (non-hydrogen) atoms. The number of nitrogens with two attached hydrogens (primary N) is 2. The van der Waals surface area contributed by atoms with Gasteiger partial charge in [-0.05, 0) is 54.5 Å². The summed E-state index contributed by atoms with van der Waals surface area (Å²) in [5.74, 6) is 0. The van der Waals surface area contributed by atoms with Crippen LogP contribution in [0.1, 0.15) is 0 Å². The number of hydrogen-bond donors (Lipinski definition) is 2. The molecule has 0 heterocycles. The van der Waals surface area contributed by atoms with E-state index in [2.05, 4.69) is 103 Å². The van der Waals surface area contributed by atoms with Gasteiger partial charge in [-0.25, -0.2) is 0 Å². The third-order valence-corrected chi connectivity index (χ3v) is 6.42. The second kappa shape index (κ2) is 7.14. The highest BCUT2D eigenvalue weighted by atomic mass is 14.7. The zero-order chi connectivity index (χ0) is 21.7. The lowest BCUT2D eigenvalue weighted by Crippen LogP contribution is -1.95. The maximum absolute atomic E-state index is 6.68. The Morgan fingerprint density at radius 3 is 0.969 bits per heavy atom. The molecule has 0 saturated heterocycles. The highest BCUT2D eigenvalue weighted by molar-refractivity contribution is 6.28. The summed E-state index contributed by atoms with van der Waals surface area (Å²) in [5.41, 5.74) is 14.2. The van der Waals surface area contributed by atoms with E-state index in [0.29, 0.717) is 11.4 Å². The van der Waals surface area contributed by atoms with Crippen molar-refractivity contribution in [3.8, 4) is 0 Å². The Balaban J connectivity index is 2.15. The SMILES string of the molecule is Nc1ccc2c3ccccc3c3ccccc3c3ccccc3c3ccccc3c2c1N. The summed E-state index contributed by atoms with van der Waals surface area (Å²) >= 11 is 0. The number of fused-ring (bicyclic) bond motifs is 10. The van der Waals surface area contributed by atoms with Gasteiger partial charge in [0.2, 0.25) is 0 Å². The fourth-order valence-corrected chi connectivity index (χ4v) is 4.94. The van der Waals surface area contributed by atoms with Crippen LogP contribution in [-0.2, 0) is 0 Å². The Morgan fingerprint density at radius 1 is 0.312 bits per heavy atom. The van der Waals surface area contributed by atoms with Crippen molar-refractivity contribution in [2.24, 2.45) is 0 Å². The molecule has 0 radical (unpaired) electrons. The van der Waals surface area contributed by atoms with Crippen molar-refractivity contribution < 1.29 is 0 Å². The van der Waals surface area contributed by atoms with E-state index >= 15 is 0 Å². The number of nitrogen functional groups attached to an aromatic ring is 2. The van der Waals surface area contributed by atoms with Crippen molar-refractivity contribution in [2.45, 2.75) is 0 Å². The molecule has 2 heteroatoms. The van der Waals surface area contributed by atoms with E-state index < -0.39 is 0 Å². The summed E-state index contributed by atoms with van der Waals surface area (Å²) < 4.78 is 0. The molecule has 0 atom stereocenters. The fraction of sp³-hybridized carbons (Fsp3) is 0. The molecule has 0 amide bonds. The van der Waals surface area contributed by atoms with E-state index in [4.69, 9.17) is 11.5 Å². The van der Waals surface area contributed by atoms with Crippen LogP contribution in [0.15, 0.2) is 109 Å². The summed E-state index contributed by atoms with van der Waals surface area (Å²) in [4.78, 5) is 0. The number of benzene rings is 5. The van der Waals surface area contributed by atoms with Crippen molar-refractivity contribution in [1.82, 2.24) is 0 Å². The monoisotopic (exact) mass is 410 g/mol. The zero-order valence-electron chi connectivity index (χ0n) is 17.5. The predicted molar refractivity (Wildman–Crippen MR) is 140 cm³/mol. The summed E-state index contributed by atoms with van der Waals surface area (Å²) in [5, 5.41) is 11.5. The molecular formula is C30H22N2. The minimum atomic E-state index is 0.599. The van der Waals surface area contributed by atoms with Crippen LogP contribution in [0.25, 0.3) is 53.9 Å². The number of hydrogen-bond acceptors (Lipinski definition) is 2. The molecule has 0 spiro atoms. The Kier molecular flexibility index (Phi) is 4.12. The summed E-state index contributed by atoms with van der Waals surface area (Å²) in [7, 11) is 0. The first-order valence-corrected chi connectivity index (χ1v) is 10.8. The maximum Gasteiger partial charge on any atom is 0.0633 e. The normalized spacial score (nSPS) is 11.4. The van der Waals surface area contributed by atoms with Gasteiger partial charge in [-0.2, -0.15) is 0 Å². The standard InChI is InChI=1S/C30H22N2/c31-28-18-17-27-25-15-6-5-13-23(25)21-11-2-1-9-19(21)20-10-3-4-12-22(20)24-14-7-8-16-26(24)29(27)30(28)32/h1-18H,31-32H2. The highest BCUT2D eigenvalue weighted by Gasteiger charge is 2.10. The Morgan fingerprint density at radius 2 is 0.594 bits per heavy atom. The molecule has 6 rings (SSSR count). The van der Waals surface area contributed by atoms with Gasteiger partial charge >= 0.3 is 0 Å². The molecule has 0 fully saturated rings. The summed E-state index contributed by atoms with van der Waals surface area (Å²) in [6.45, 7) is 0. The van der Waals surface area contributed by atoms with E-state index in [-0.39, 0.29) is 0 Å². The average molecular weight is 411 g/mol. The lowest BCUT2D eigenvalue weighted by Gasteiger charge is -2.12. The summed E-state index contributed by atoms with van der Waals surface area (Å²) in [6, 6.07) is 38.3. The second-order valence-electron chi connectivity index (χ2n) is 8.17. The third-order valence-electron chi connectivity index (χ3n) is 6.42. The summed E-state index contributed by atoms with van der Waals surface area (Å²) in [6.07, 6.45) is 0. The zero-order valence-corrected chi connectivity index (χ0v) is 17.5. The van der Waals surface area contributed by atoms with Crippen LogP contribution in [0.4, 0.5) is 11.4 Å². The van der Waals surface area contributed by atoms with Crippen molar-refractivity contribution in [2.75, 3.05) is 11.5 Å². The minimum Gasteiger partial charge on any atom is -0.397 e. The Bertz CT molecular complexity index is 1670. The fourth-order valence-electron chi connectivity index (χ4n) is 4.94. The molecule has 0 aliphatic carbocycles. The minimum absolute atomic E-state index is 0.599. The smallest absolute Gasteiger partial charge is 0.0633 e. The first-order valence-electron chi connectivity index (χ1n) is 10.8. The molecule has 6 aromatic rings. The number of rotatable bonds is 0. The predicted octanol–water partition coefficient (Wildman–Crippen LogP) is 7.74. The molecule has 0 aliphatic rings. The molecule has 0 aliphatic heterocycles. The molecule has 6 aromatic carbocycles. The van der Waals surface area contributed by atoms with Crippen LogP contribution < -0.4 is 11.5 Å². The Hall–Kier alpha value is -4.30. The van der Waals surface area contributed by atoms with Crippen LogP contribution in [0.5, 0.6) is 0 Å². The maximum atomic E-state index is 6.68. The topological polar surface area (TPSA) is 52.0 Å². The van der Waals surface area contributed by atoms with Crippen LogP contribution in [0.3, 0.4) is 0 Å². The largest absolute Gasteiger partial charge is 0.397 e. The van der Waals surface area contributed by atoms with Gasteiger partial charge in [-0.1, -0.05) is 103 Å². The van der Waals surface area contributed by atoms with Crippen LogP contribution >= 0.6 is 0 Å². The molecule has 2 nitrogen and oxygen atoms in total. The third kappa shape index (κ3) is 2.67. The molecule has 0 aromatic heterocycles. The lowest BCUT2D eigenvalue weighted by molar-refractivity contribution is 1.73. The first-order chi connectivity index (χ1) is 15.7. The van der Waals surface area contributed by atoms with E-state index in [0.717, 1.165) is 26.9 Å². The van der Waals surface area contributed by atoms with Crippen molar-refractivity contribution in [1.29, 1.82) is 0 Å². The van der Waals surface area contributed by atoms with E-state index in [9.17, 15) is 0 Å². The lowest BCUT2D eigenvalue weighted by atomic mass is 9.94. The van der Waals surface area contributed by atoms with Gasteiger partial charge in [-0.3, -0.25) is 0 Å². The van der Waals surface area contributed by atoms with Crippen molar-refractivity contribution >= 4 is 65.2 Å². The van der Waals surface area contributed by atoms with E-state index in [1.807, 2.05) is 6.07 Å². The van der Waals surface area contributed by atoms with E-state index in [1.54, 1.807) is 0 Å². The van der Waals surface area contributed by atoms with Gasteiger partial charge in [0.15, 0.2) is 0 Å². The molecule has 0 unspecified atom stereocenters. The Labute approximate surface area is 186 Å². The molecule has 0 bridgehead atoms. The van der Waals surface area contributed by atoms with Gasteiger partial charge in [0.05, 0.1) is 11.4 Å². The van der Waals surface area contributed by atoms with Gasteiger partial charge in [0.25, 0.3) is 0 Å².